The second-order valence-corrected chi connectivity index (χ2v) is 7.76. The predicted molar refractivity (Wildman–Crippen MR) is 103 cm³/mol. The normalized spacial score (nSPS) is 16.2. The van der Waals surface area contributed by atoms with Crippen molar-refractivity contribution in [3.8, 4) is 0 Å². The van der Waals surface area contributed by atoms with Crippen LogP contribution in [-0.4, -0.2) is 17.1 Å². The van der Waals surface area contributed by atoms with Gasteiger partial charge in [-0.15, -0.1) is 0 Å². The van der Waals surface area contributed by atoms with E-state index in [9.17, 15) is 9.70 Å². The van der Waals surface area contributed by atoms with Gasteiger partial charge in [-0.3, -0.25) is 4.79 Å². The molecule has 3 rings (SSSR count). The fourth-order valence-corrected chi connectivity index (χ4v) is 4.68. The lowest BCUT2D eigenvalue weighted by Gasteiger charge is -2.20. The average molecular weight is 393 g/mol. The summed E-state index contributed by atoms with van der Waals surface area (Å²) >= 11 is 7.56. The number of carbonyl (C=O) groups is 1. The molecule has 0 N–H and O–H groups in total. The third-order valence-corrected chi connectivity index (χ3v) is 6.07. The van der Waals surface area contributed by atoms with Crippen LogP contribution in [0.15, 0.2) is 39.2 Å². The van der Waals surface area contributed by atoms with Crippen LogP contribution in [0.4, 0.5) is 0 Å². The Balaban J connectivity index is 2.04. The van der Waals surface area contributed by atoms with E-state index in [1.54, 1.807) is 18.7 Å². The maximum absolute atomic E-state index is 12.1. The summed E-state index contributed by atoms with van der Waals surface area (Å²) in [6, 6.07) is 7.23. The van der Waals surface area contributed by atoms with Crippen molar-refractivity contribution in [1.29, 1.82) is 0 Å². The summed E-state index contributed by atoms with van der Waals surface area (Å²) in [5, 5.41) is 4.04. The highest BCUT2D eigenvalue weighted by Gasteiger charge is 2.31. The lowest BCUT2D eigenvalue weighted by atomic mass is 9.93. The van der Waals surface area contributed by atoms with Crippen molar-refractivity contribution in [2.75, 3.05) is 6.61 Å². The molecule has 1 aliphatic rings. The first-order chi connectivity index (χ1) is 12.5. The third kappa shape index (κ3) is 3.81. The van der Waals surface area contributed by atoms with Gasteiger partial charge in [0, 0.05) is 31.8 Å². The second kappa shape index (κ2) is 8.27. The van der Waals surface area contributed by atoms with E-state index in [4.69, 9.17) is 16.3 Å². The Labute approximate surface area is 162 Å². The SMILES string of the molecule is CCOC(=O)Cn1c(C)c(Sc2ccc(Cl)cc2)c2c1CCCC2N=O. The number of aromatic nitrogens is 1. The minimum atomic E-state index is -0.365. The monoisotopic (exact) mass is 392 g/mol. The molecule has 0 saturated carbocycles. The van der Waals surface area contributed by atoms with Gasteiger partial charge in [-0.05, 0) is 57.4 Å². The summed E-state index contributed by atoms with van der Waals surface area (Å²) < 4.78 is 7.11. The number of carbonyl (C=O) groups excluding carboxylic acids is 1. The highest BCUT2D eigenvalue weighted by Crippen LogP contribution is 2.45. The first-order valence-corrected chi connectivity index (χ1v) is 9.88. The van der Waals surface area contributed by atoms with Crippen LogP contribution in [0, 0.1) is 11.8 Å². The molecule has 7 heteroatoms. The molecule has 0 radical (unpaired) electrons. The lowest BCUT2D eigenvalue weighted by Crippen LogP contribution is -2.18. The molecular formula is C19H21ClN2O3S. The van der Waals surface area contributed by atoms with Crippen molar-refractivity contribution in [2.45, 2.75) is 55.5 Å². The smallest absolute Gasteiger partial charge is 0.325 e. The van der Waals surface area contributed by atoms with Crippen LogP contribution in [0.2, 0.25) is 5.02 Å². The molecule has 0 bridgehead atoms. The summed E-state index contributed by atoms with van der Waals surface area (Å²) in [7, 11) is 0. The van der Waals surface area contributed by atoms with Crippen LogP contribution < -0.4 is 0 Å². The largest absolute Gasteiger partial charge is 0.465 e. The molecule has 0 spiro atoms. The molecular weight excluding hydrogens is 372 g/mol. The molecule has 0 fully saturated rings. The number of nitrogens with zero attached hydrogens (tertiary/aromatic N) is 2. The Morgan fingerprint density at radius 1 is 1.38 bits per heavy atom. The van der Waals surface area contributed by atoms with Crippen molar-refractivity contribution in [1.82, 2.24) is 4.57 Å². The highest BCUT2D eigenvalue weighted by molar-refractivity contribution is 7.99. The molecule has 26 heavy (non-hydrogen) atoms. The second-order valence-electron chi connectivity index (χ2n) is 6.24. The van der Waals surface area contributed by atoms with Crippen LogP contribution in [0.5, 0.6) is 0 Å². The number of esters is 1. The molecule has 1 aromatic heterocycles. The fourth-order valence-electron chi connectivity index (χ4n) is 3.42. The first kappa shape index (κ1) is 19.0. The van der Waals surface area contributed by atoms with E-state index in [1.165, 1.54) is 0 Å². The van der Waals surface area contributed by atoms with Gasteiger partial charge < -0.3 is 9.30 Å². The fraction of sp³-hybridized carbons (Fsp3) is 0.421. The molecule has 1 heterocycles. The van der Waals surface area contributed by atoms with Gasteiger partial charge in [0.05, 0.1) is 6.61 Å². The molecule has 0 amide bonds. The van der Waals surface area contributed by atoms with Gasteiger partial charge in [0.25, 0.3) is 0 Å². The van der Waals surface area contributed by atoms with Crippen molar-refractivity contribution < 1.29 is 9.53 Å². The average Bonchev–Trinajstić information content (AvgIpc) is 2.89. The quantitative estimate of drug-likeness (QED) is 0.493. The van der Waals surface area contributed by atoms with Gasteiger partial charge >= 0.3 is 5.97 Å². The van der Waals surface area contributed by atoms with Crippen molar-refractivity contribution in [2.24, 2.45) is 5.18 Å². The van der Waals surface area contributed by atoms with Crippen LogP contribution in [0.1, 0.15) is 42.8 Å². The molecule has 0 saturated heterocycles. The van der Waals surface area contributed by atoms with E-state index in [1.807, 2.05) is 35.8 Å². The van der Waals surface area contributed by atoms with Crippen molar-refractivity contribution >= 4 is 29.3 Å². The van der Waals surface area contributed by atoms with Gasteiger partial charge in [-0.25, -0.2) is 0 Å². The zero-order valence-electron chi connectivity index (χ0n) is 14.8. The van der Waals surface area contributed by atoms with Gasteiger partial charge in [0.2, 0.25) is 0 Å². The Bertz CT molecular complexity index is 817. The number of hydrogen-bond donors (Lipinski definition) is 0. The van der Waals surface area contributed by atoms with E-state index >= 15 is 0 Å². The van der Waals surface area contributed by atoms with E-state index in [0.29, 0.717) is 11.6 Å². The molecule has 2 aromatic rings. The predicted octanol–water partition coefficient (Wildman–Crippen LogP) is 5.31. The van der Waals surface area contributed by atoms with Gasteiger partial charge in [0.1, 0.15) is 12.6 Å². The van der Waals surface area contributed by atoms with E-state index in [2.05, 4.69) is 5.18 Å². The zero-order valence-corrected chi connectivity index (χ0v) is 16.4. The molecule has 1 atom stereocenters. The zero-order chi connectivity index (χ0) is 18.7. The summed E-state index contributed by atoms with van der Waals surface area (Å²) in [6.07, 6.45) is 2.47. The summed E-state index contributed by atoms with van der Waals surface area (Å²) in [6.45, 7) is 4.29. The topological polar surface area (TPSA) is 60.7 Å². The molecule has 1 unspecified atom stereocenters. The number of fused-ring (bicyclic) bond motifs is 1. The maximum Gasteiger partial charge on any atom is 0.325 e. The first-order valence-electron chi connectivity index (χ1n) is 8.68. The number of nitroso groups, excluding NO2 is 1. The highest BCUT2D eigenvalue weighted by atomic mass is 35.5. The minimum Gasteiger partial charge on any atom is -0.465 e. The number of hydrogen-bond acceptors (Lipinski definition) is 5. The summed E-state index contributed by atoms with van der Waals surface area (Å²) in [5.41, 5.74) is 2.97. The van der Waals surface area contributed by atoms with Gasteiger partial charge in [-0.2, -0.15) is 4.91 Å². The van der Waals surface area contributed by atoms with Crippen LogP contribution in [-0.2, 0) is 22.5 Å². The van der Waals surface area contributed by atoms with Gasteiger partial charge in [-0.1, -0.05) is 28.5 Å². The van der Waals surface area contributed by atoms with E-state index in [-0.39, 0.29) is 18.6 Å². The van der Waals surface area contributed by atoms with E-state index in [0.717, 1.165) is 46.0 Å². The Kier molecular flexibility index (Phi) is 6.04. The Hall–Kier alpha value is -1.79. The summed E-state index contributed by atoms with van der Waals surface area (Å²) in [4.78, 5) is 25.5. The van der Waals surface area contributed by atoms with Crippen LogP contribution in [0.25, 0.3) is 0 Å². The van der Waals surface area contributed by atoms with Crippen LogP contribution in [0.3, 0.4) is 0 Å². The maximum atomic E-state index is 12.1. The molecule has 138 valence electrons. The van der Waals surface area contributed by atoms with Crippen molar-refractivity contribution in [3.63, 3.8) is 0 Å². The molecule has 1 aromatic carbocycles. The van der Waals surface area contributed by atoms with Gasteiger partial charge in [0.15, 0.2) is 0 Å². The third-order valence-electron chi connectivity index (χ3n) is 4.59. The lowest BCUT2D eigenvalue weighted by molar-refractivity contribution is -0.143. The Morgan fingerprint density at radius 2 is 2.12 bits per heavy atom. The minimum absolute atomic E-state index is 0.161. The molecule has 1 aliphatic carbocycles. The standard InChI is InChI=1S/C19H21ClN2O3S/c1-3-25-17(23)11-22-12(2)19(26-14-9-7-13(20)8-10-14)18-15(21-24)5-4-6-16(18)22/h7-10,15H,3-6,11H2,1-2H3. The number of benzene rings is 1. The van der Waals surface area contributed by atoms with Crippen molar-refractivity contribution in [3.05, 3.63) is 51.1 Å². The van der Waals surface area contributed by atoms with E-state index < -0.39 is 0 Å². The Morgan fingerprint density at radius 3 is 2.77 bits per heavy atom. The van der Waals surface area contributed by atoms with Crippen LogP contribution >= 0.6 is 23.4 Å². The molecule has 5 nitrogen and oxygen atoms in total. The summed E-state index contributed by atoms with van der Waals surface area (Å²) in [5.74, 6) is -0.266. The molecule has 0 aliphatic heterocycles. The number of halogens is 1. The number of rotatable bonds is 6. The number of ether oxygens (including phenoxy) is 1.